The molecule has 0 aliphatic carbocycles. The van der Waals surface area contributed by atoms with Crippen LogP contribution in [0.2, 0.25) is 0 Å². The summed E-state index contributed by atoms with van der Waals surface area (Å²) in [5.41, 5.74) is -0.249. The molecule has 0 aliphatic rings. The molecule has 1 aromatic carbocycles. The predicted molar refractivity (Wildman–Crippen MR) is 56.4 cm³/mol. The number of benzene rings is 1. The van der Waals surface area contributed by atoms with Crippen LogP contribution >= 0.6 is 12.4 Å². The highest BCUT2D eigenvalue weighted by Gasteiger charge is 2.69. The molecule has 1 rings (SSSR count). The zero-order valence-electron chi connectivity index (χ0n) is 9.06. The first kappa shape index (κ1) is 17.1. The monoisotopic (exact) mass is 293 g/mol. The second-order valence-corrected chi connectivity index (χ2v) is 3.67. The van der Waals surface area contributed by atoms with E-state index in [1.807, 2.05) is 0 Å². The van der Waals surface area contributed by atoms with E-state index in [-0.39, 0.29) is 12.4 Å². The highest BCUT2D eigenvalue weighted by molar-refractivity contribution is 5.85. The average molecular weight is 294 g/mol. The van der Waals surface area contributed by atoms with Gasteiger partial charge in [-0.1, -0.05) is 29.8 Å². The van der Waals surface area contributed by atoms with Gasteiger partial charge < -0.3 is 5.73 Å². The van der Waals surface area contributed by atoms with Crippen LogP contribution in [0.3, 0.4) is 0 Å². The minimum Gasteiger partial charge on any atom is -0.306 e. The summed E-state index contributed by atoms with van der Waals surface area (Å²) in [5.74, 6) is 0. The largest absolute Gasteiger partial charge is 0.419 e. The van der Waals surface area contributed by atoms with E-state index in [0.717, 1.165) is 24.3 Å². The van der Waals surface area contributed by atoms with E-state index in [1.54, 1.807) is 6.92 Å². The standard InChI is InChI=1S/C10H9F6N.ClH/c1-6-2-4-7(5-3-6)8(17,9(11,12)13)10(14,15)16;/h2-5H,17H2,1H3;1H. The molecule has 0 aromatic heterocycles. The fourth-order valence-corrected chi connectivity index (χ4v) is 1.30. The lowest BCUT2D eigenvalue weighted by Crippen LogP contribution is -2.60. The van der Waals surface area contributed by atoms with E-state index < -0.39 is 23.5 Å². The molecule has 0 unspecified atom stereocenters. The number of nitrogens with two attached hydrogens (primary N) is 1. The second kappa shape index (κ2) is 4.97. The Morgan fingerprint density at radius 2 is 1.17 bits per heavy atom. The third kappa shape index (κ3) is 2.72. The van der Waals surface area contributed by atoms with Crippen molar-refractivity contribution in [2.24, 2.45) is 5.73 Å². The van der Waals surface area contributed by atoms with Gasteiger partial charge in [-0.15, -0.1) is 12.4 Å². The van der Waals surface area contributed by atoms with Gasteiger partial charge in [0.2, 0.25) is 5.54 Å². The molecule has 0 saturated heterocycles. The lowest BCUT2D eigenvalue weighted by Gasteiger charge is -2.34. The summed E-state index contributed by atoms with van der Waals surface area (Å²) in [4.78, 5) is 0. The van der Waals surface area contributed by atoms with Gasteiger partial charge >= 0.3 is 12.4 Å². The summed E-state index contributed by atoms with van der Waals surface area (Å²) in [7, 11) is 0. The van der Waals surface area contributed by atoms with E-state index in [2.05, 4.69) is 5.73 Å². The van der Waals surface area contributed by atoms with Crippen molar-refractivity contribution in [3.05, 3.63) is 35.4 Å². The van der Waals surface area contributed by atoms with Crippen LogP contribution in [0.5, 0.6) is 0 Å². The first-order valence-electron chi connectivity index (χ1n) is 4.49. The molecule has 18 heavy (non-hydrogen) atoms. The molecule has 0 fully saturated rings. The normalized spacial score (nSPS) is 13.1. The SMILES string of the molecule is Cc1ccc(C(N)(C(F)(F)F)C(F)(F)F)cc1.Cl. The molecule has 0 amide bonds. The number of hydrogen-bond acceptors (Lipinski definition) is 1. The molecule has 0 spiro atoms. The molecule has 1 nitrogen and oxygen atoms in total. The van der Waals surface area contributed by atoms with Gasteiger partial charge in [-0.05, 0) is 12.5 Å². The van der Waals surface area contributed by atoms with Gasteiger partial charge in [-0.3, -0.25) is 0 Å². The van der Waals surface area contributed by atoms with Gasteiger partial charge in [-0.25, -0.2) is 0 Å². The Labute approximate surface area is 105 Å². The molecular formula is C10H10ClF6N. The summed E-state index contributed by atoms with van der Waals surface area (Å²) < 4.78 is 75.2. The minimum atomic E-state index is -5.61. The Morgan fingerprint density at radius 1 is 0.833 bits per heavy atom. The Kier molecular flexibility index (Phi) is 4.71. The van der Waals surface area contributed by atoms with Crippen LogP contribution in [0.25, 0.3) is 0 Å². The van der Waals surface area contributed by atoms with E-state index in [9.17, 15) is 26.3 Å². The zero-order chi connectivity index (χ0) is 13.5. The third-order valence-electron chi connectivity index (χ3n) is 2.40. The molecule has 104 valence electrons. The van der Waals surface area contributed by atoms with Gasteiger partial charge in [0.05, 0.1) is 0 Å². The van der Waals surface area contributed by atoms with Gasteiger partial charge in [0.1, 0.15) is 0 Å². The number of rotatable bonds is 1. The topological polar surface area (TPSA) is 26.0 Å². The fraction of sp³-hybridized carbons (Fsp3) is 0.400. The van der Waals surface area contributed by atoms with Crippen LogP contribution < -0.4 is 5.73 Å². The molecule has 0 aliphatic heterocycles. The molecule has 0 bridgehead atoms. The van der Waals surface area contributed by atoms with E-state index >= 15 is 0 Å². The smallest absolute Gasteiger partial charge is 0.306 e. The Morgan fingerprint density at radius 3 is 1.44 bits per heavy atom. The first-order valence-corrected chi connectivity index (χ1v) is 4.49. The van der Waals surface area contributed by atoms with Crippen LogP contribution in [0.15, 0.2) is 24.3 Å². The molecule has 8 heteroatoms. The maximum Gasteiger partial charge on any atom is 0.419 e. The van der Waals surface area contributed by atoms with Crippen LogP contribution in [0, 0.1) is 6.92 Å². The molecule has 0 radical (unpaired) electrons. The number of halogens is 7. The van der Waals surface area contributed by atoms with E-state index in [1.165, 1.54) is 0 Å². The van der Waals surface area contributed by atoms with E-state index in [4.69, 9.17) is 0 Å². The average Bonchev–Trinajstić information content (AvgIpc) is 2.14. The van der Waals surface area contributed by atoms with Crippen molar-refractivity contribution >= 4 is 12.4 Å². The van der Waals surface area contributed by atoms with Crippen molar-refractivity contribution in [3.8, 4) is 0 Å². The molecular weight excluding hydrogens is 284 g/mol. The highest BCUT2D eigenvalue weighted by Crippen LogP contribution is 2.47. The molecule has 2 N–H and O–H groups in total. The minimum absolute atomic E-state index is 0. The number of alkyl halides is 6. The van der Waals surface area contributed by atoms with Crippen molar-refractivity contribution in [2.45, 2.75) is 24.8 Å². The Hall–Kier alpha value is -0.950. The van der Waals surface area contributed by atoms with Crippen LogP contribution in [-0.2, 0) is 5.54 Å². The summed E-state index contributed by atoms with van der Waals surface area (Å²) in [6, 6.07) is 3.76. The quantitative estimate of drug-likeness (QED) is 0.785. The predicted octanol–water partition coefficient (Wildman–Crippen LogP) is 3.70. The Balaban J connectivity index is 0.00000289. The molecule has 0 atom stereocenters. The number of hydrogen-bond donors (Lipinski definition) is 1. The van der Waals surface area contributed by atoms with Crippen molar-refractivity contribution in [2.75, 3.05) is 0 Å². The lowest BCUT2D eigenvalue weighted by molar-refractivity contribution is -0.301. The lowest BCUT2D eigenvalue weighted by atomic mass is 9.89. The van der Waals surface area contributed by atoms with Gasteiger partial charge in [-0.2, -0.15) is 26.3 Å². The molecule has 1 aromatic rings. The fourth-order valence-electron chi connectivity index (χ4n) is 1.30. The van der Waals surface area contributed by atoms with Crippen LogP contribution in [0.1, 0.15) is 11.1 Å². The summed E-state index contributed by atoms with van der Waals surface area (Å²) >= 11 is 0. The van der Waals surface area contributed by atoms with Crippen molar-refractivity contribution in [1.29, 1.82) is 0 Å². The summed E-state index contributed by atoms with van der Waals surface area (Å²) in [6.07, 6.45) is -11.2. The Bertz CT molecular complexity index is 380. The maximum atomic E-state index is 12.5. The number of aryl methyl sites for hydroxylation is 1. The third-order valence-corrected chi connectivity index (χ3v) is 2.40. The van der Waals surface area contributed by atoms with Gasteiger partial charge in [0, 0.05) is 0 Å². The van der Waals surface area contributed by atoms with E-state index in [0.29, 0.717) is 5.56 Å². The second-order valence-electron chi connectivity index (χ2n) is 3.67. The van der Waals surface area contributed by atoms with Gasteiger partial charge in [0.25, 0.3) is 0 Å². The maximum absolute atomic E-state index is 12.5. The molecule has 0 heterocycles. The first-order chi connectivity index (χ1) is 7.50. The summed E-state index contributed by atoms with van der Waals surface area (Å²) in [5, 5.41) is 0. The van der Waals surface area contributed by atoms with Gasteiger partial charge in [0.15, 0.2) is 0 Å². The summed E-state index contributed by atoms with van der Waals surface area (Å²) in [6.45, 7) is 1.54. The van der Waals surface area contributed by atoms with Crippen molar-refractivity contribution in [3.63, 3.8) is 0 Å². The van der Waals surface area contributed by atoms with Crippen molar-refractivity contribution < 1.29 is 26.3 Å². The molecule has 0 saturated carbocycles. The van der Waals surface area contributed by atoms with Crippen molar-refractivity contribution in [1.82, 2.24) is 0 Å². The zero-order valence-corrected chi connectivity index (χ0v) is 9.88. The van der Waals surface area contributed by atoms with Crippen LogP contribution in [-0.4, -0.2) is 12.4 Å². The van der Waals surface area contributed by atoms with Crippen LogP contribution in [0.4, 0.5) is 26.3 Å². The highest BCUT2D eigenvalue weighted by atomic mass is 35.5.